The van der Waals surface area contributed by atoms with Crippen molar-refractivity contribution in [3.8, 4) is 0 Å². The Morgan fingerprint density at radius 2 is 1.64 bits per heavy atom. The van der Waals surface area contributed by atoms with E-state index in [1.54, 1.807) is 0 Å². The quantitative estimate of drug-likeness (QED) is 0.570. The van der Waals surface area contributed by atoms with Gasteiger partial charge in [-0.2, -0.15) is 0 Å². The molecule has 0 atom stereocenters. The van der Waals surface area contributed by atoms with Crippen molar-refractivity contribution in [1.82, 2.24) is 0 Å². The van der Waals surface area contributed by atoms with Gasteiger partial charge in [0.1, 0.15) is 0 Å². The van der Waals surface area contributed by atoms with Crippen molar-refractivity contribution in [2.24, 2.45) is 0 Å². The van der Waals surface area contributed by atoms with Crippen LogP contribution in [0.5, 0.6) is 0 Å². The van der Waals surface area contributed by atoms with Gasteiger partial charge in [0, 0.05) is 6.42 Å². The molecule has 3 aliphatic heterocycles. The minimum atomic E-state index is -1.00. The third kappa shape index (κ3) is 1.20. The Labute approximate surface area is 67.3 Å². The van der Waals surface area contributed by atoms with E-state index >= 15 is 0 Å². The van der Waals surface area contributed by atoms with Gasteiger partial charge in [0.25, 0.3) is 5.97 Å². The summed E-state index contributed by atoms with van der Waals surface area (Å²) in [6.07, 6.45) is 3.41. The second-order valence-electron chi connectivity index (χ2n) is 3.48. The topological polar surface area (TPSA) is 27.7 Å². The van der Waals surface area contributed by atoms with Crippen molar-refractivity contribution >= 4 is 7.26 Å². The molecule has 0 amide bonds. The lowest BCUT2D eigenvalue weighted by atomic mass is 10.4. The molecule has 0 aliphatic carbocycles. The summed E-state index contributed by atoms with van der Waals surface area (Å²) in [7, 11) is -1.00. The average molecular weight is 177 g/mol. The summed E-state index contributed by atoms with van der Waals surface area (Å²) in [4.78, 5) is 0. The first-order chi connectivity index (χ1) is 5.18. The number of hydrogen-bond acceptors (Lipinski definition) is 3. The van der Waals surface area contributed by atoms with Gasteiger partial charge in [0.15, 0.2) is 19.0 Å². The molecule has 0 aromatic carbocycles. The van der Waals surface area contributed by atoms with Crippen LogP contribution in [0.2, 0.25) is 0 Å². The van der Waals surface area contributed by atoms with Crippen LogP contribution in [0.3, 0.4) is 0 Å². The fourth-order valence-electron chi connectivity index (χ4n) is 1.31. The number of ether oxygens (including phenoxy) is 3. The third-order valence-electron chi connectivity index (χ3n) is 2.22. The summed E-state index contributed by atoms with van der Waals surface area (Å²) in [5.74, 6) is -0.669. The lowest BCUT2D eigenvalue weighted by Crippen LogP contribution is -2.49. The van der Waals surface area contributed by atoms with Gasteiger partial charge in [-0.3, -0.25) is 14.2 Å². The largest absolute Gasteiger partial charge is 0.291 e. The molecule has 0 saturated carbocycles. The average Bonchev–Trinajstić information content (AvgIpc) is 2.07. The first kappa shape index (κ1) is 7.93. The summed E-state index contributed by atoms with van der Waals surface area (Å²) >= 11 is 0. The maximum absolute atomic E-state index is 5.52. The van der Waals surface area contributed by atoms with Crippen LogP contribution in [-0.4, -0.2) is 31.7 Å². The molecule has 3 heterocycles. The van der Waals surface area contributed by atoms with Crippen LogP contribution in [0.4, 0.5) is 0 Å². The molecule has 11 heavy (non-hydrogen) atoms. The van der Waals surface area contributed by atoms with E-state index in [1.807, 2.05) is 6.92 Å². The second-order valence-corrected chi connectivity index (χ2v) is 7.49. The monoisotopic (exact) mass is 177 g/mol. The van der Waals surface area contributed by atoms with Gasteiger partial charge in [-0.15, -0.1) is 0 Å². The molecule has 3 aliphatic rings. The second kappa shape index (κ2) is 2.40. The zero-order valence-electron chi connectivity index (χ0n) is 7.00. The molecule has 3 nitrogen and oxygen atoms in total. The molecule has 64 valence electrons. The Morgan fingerprint density at radius 3 is 2.00 bits per heavy atom. The normalized spacial score (nSPS) is 49.6. The standard InChI is InChI=1S/C7H14O3P/c1-3-7-8-4-11(2,5-9-7)6-10-7/h3-6H2,1-2H3/q+1. The van der Waals surface area contributed by atoms with Crippen LogP contribution in [0.1, 0.15) is 13.3 Å². The lowest BCUT2D eigenvalue weighted by Gasteiger charge is -2.45. The van der Waals surface area contributed by atoms with E-state index < -0.39 is 13.2 Å². The highest BCUT2D eigenvalue weighted by atomic mass is 31.2. The highest BCUT2D eigenvalue weighted by molar-refractivity contribution is 7.74. The molecular weight excluding hydrogens is 163 g/mol. The van der Waals surface area contributed by atoms with Gasteiger partial charge in [-0.1, -0.05) is 6.92 Å². The first-order valence-corrected chi connectivity index (χ1v) is 6.73. The van der Waals surface area contributed by atoms with Gasteiger partial charge < -0.3 is 0 Å². The van der Waals surface area contributed by atoms with Crippen LogP contribution in [0.25, 0.3) is 0 Å². The summed E-state index contributed by atoms with van der Waals surface area (Å²) in [5, 5.41) is 0. The summed E-state index contributed by atoms with van der Waals surface area (Å²) in [6, 6.07) is 0. The Kier molecular flexibility index (Phi) is 1.73. The molecule has 0 unspecified atom stereocenters. The smallest absolute Gasteiger partial charge is 0.291 e. The van der Waals surface area contributed by atoms with E-state index in [1.165, 1.54) is 0 Å². The number of hydrogen-bond donors (Lipinski definition) is 0. The maximum atomic E-state index is 5.52. The predicted molar refractivity (Wildman–Crippen MR) is 43.7 cm³/mol. The van der Waals surface area contributed by atoms with Crippen molar-refractivity contribution in [3.63, 3.8) is 0 Å². The van der Waals surface area contributed by atoms with Gasteiger partial charge in [-0.05, 0) is 0 Å². The van der Waals surface area contributed by atoms with Crippen molar-refractivity contribution in [2.45, 2.75) is 19.3 Å². The Balaban J connectivity index is 2.12. The molecule has 3 saturated heterocycles. The fraction of sp³-hybridized carbons (Fsp3) is 1.00. The van der Waals surface area contributed by atoms with Crippen LogP contribution in [0.15, 0.2) is 0 Å². The SMILES string of the molecule is CCC12OC[P+](C)(CO1)CO2. The van der Waals surface area contributed by atoms with Gasteiger partial charge in [0.2, 0.25) is 0 Å². The summed E-state index contributed by atoms with van der Waals surface area (Å²) in [6.45, 7) is 4.25. The highest BCUT2D eigenvalue weighted by Gasteiger charge is 2.54. The minimum absolute atomic E-state index is 0.669. The van der Waals surface area contributed by atoms with Crippen molar-refractivity contribution in [2.75, 3.05) is 25.7 Å². The molecule has 3 rings (SSSR count). The summed E-state index contributed by atoms with van der Waals surface area (Å²) in [5.41, 5.74) is 0. The van der Waals surface area contributed by atoms with E-state index in [2.05, 4.69) is 6.66 Å². The molecular formula is C7H14O3P+. The molecule has 2 bridgehead atoms. The third-order valence-corrected chi connectivity index (χ3v) is 4.48. The van der Waals surface area contributed by atoms with Gasteiger partial charge >= 0.3 is 0 Å². The predicted octanol–water partition coefficient (Wildman–Crippen LogP) is 1.65. The first-order valence-electron chi connectivity index (χ1n) is 3.93. The van der Waals surface area contributed by atoms with E-state index in [9.17, 15) is 0 Å². The zero-order chi connectivity index (χ0) is 7.95. The van der Waals surface area contributed by atoms with Gasteiger partial charge in [-0.25, -0.2) is 0 Å². The van der Waals surface area contributed by atoms with Crippen LogP contribution in [-0.2, 0) is 14.2 Å². The van der Waals surface area contributed by atoms with Crippen molar-refractivity contribution < 1.29 is 14.2 Å². The van der Waals surface area contributed by atoms with Crippen LogP contribution >= 0.6 is 7.26 Å². The van der Waals surface area contributed by atoms with Crippen LogP contribution in [0, 0.1) is 0 Å². The molecule has 0 aromatic heterocycles. The molecule has 3 fully saturated rings. The molecule has 0 aromatic rings. The summed E-state index contributed by atoms with van der Waals surface area (Å²) < 4.78 is 16.6. The zero-order valence-corrected chi connectivity index (χ0v) is 7.89. The number of fused-ring (bicyclic) bond motifs is 3. The molecule has 0 N–H and O–H groups in total. The highest BCUT2D eigenvalue weighted by Crippen LogP contribution is 2.63. The van der Waals surface area contributed by atoms with Crippen molar-refractivity contribution in [1.29, 1.82) is 0 Å². The number of rotatable bonds is 1. The van der Waals surface area contributed by atoms with E-state index in [4.69, 9.17) is 14.2 Å². The Morgan fingerprint density at radius 1 is 1.18 bits per heavy atom. The fourth-order valence-corrected chi connectivity index (χ4v) is 3.05. The Bertz CT molecular complexity index is 147. The molecule has 0 spiro atoms. The lowest BCUT2D eigenvalue weighted by molar-refractivity contribution is -0.384. The van der Waals surface area contributed by atoms with Crippen LogP contribution < -0.4 is 0 Å². The van der Waals surface area contributed by atoms with E-state index in [-0.39, 0.29) is 0 Å². The minimum Gasteiger partial charge on any atom is -0.291 e. The van der Waals surface area contributed by atoms with Crippen molar-refractivity contribution in [3.05, 3.63) is 0 Å². The van der Waals surface area contributed by atoms with E-state index in [0.717, 1.165) is 25.5 Å². The maximum Gasteiger partial charge on any atom is 0.291 e. The van der Waals surface area contributed by atoms with E-state index in [0.29, 0.717) is 0 Å². The van der Waals surface area contributed by atoms with Gasteiger partial charge in [0.05, 0.1) is 13.9 Å². The molecule has 0 radical (unpaired) electrons. The Hall–Kier alpha value is 0.310. The molecule has 4 heteroatoms.